The molecular formula is C15H16N4O3. The molecule has 0 spiro atoms. The quantitative estimate of drug-likeness (QED) is 0.639. The van der Waals surface area contributed by atoms with E-state index >= 15 is 0 Å². The molecule has 2 aromatic rings. The van der Waals surface area contributed by atoms with Gasteiger partial charge in [-0.05, 0) is 19.1 Å². The predicted molar refractivity (Wildman–Crippen MR) is 81.7 cm³/mol. The lowest BCUT2D eigenvalue weighted by Crippen LogP contribution is -2.41. The van der Waals surface area contributed by atoms with E-state index in [1.807, 2.05) is 6.92 Å². The summed E-state index contributed by atoms with van der Waals surface area (Å²) < 4.78 is 5.55. The second-order valence-electron chi connectivity index (χ2n) is 5.16. The minimum Gasteiger partial charge on any atom is -0.375 e. The molecule has 1 saturated heterocycles. The molecule has 0 amide bonds. The van der Waals surface area contributed by atoms with Crippen LogP contribution >= 0.6 is 0 Å². The van der Waals surface area contributed by atoms with Crippen LogP contribution in [0.4, 0.5) is 11.5 Å². The van der Waals surface area contributed by atoms with Crippen LogP contribution in [0.25, 0.3) is 11.3 Å². The third kappa shape index (κ3) is 2.89. The summed E-state index contributed by atoms with van der Waals surface area (Å²) in [6.07, 6.45) is 3.43. The molecule has 1 unspecified atom stereocenters. The molecule has 0 aliphatic carbocycles. The number of rotatable bonds is 3. The number of nitro benzene ring substituents is 1. The first-order valence-electron chi connectivity index (χ1n) is 7.07. The predicted octanol–water partition coefficient (Wildman–Crippen LogP) is 2.28. The van der Waals surface area contributed by atoms with Gasteiger partial charge in [-0.3, -0.25) is 15.1 Å². The number of anilines is 1. The molecule has 0 saturated carbocycles. The van der Waals surface area contributed by atoms with Crippen molar-refractivity contribution in [3.05, 3.63) is 46.8 Å². The van der Waals surface area contributed by atoms with Crippen molar-refractivity contribution in [2.45, 2.75) is 13.0 Å². The van der Waals surface area contributed by atoms with E-state index in [1.54, 1.807) is 24.5 Å². The van der Waals surface area contributed by atoms with Crippen molar-refractivity contribution in [2.75, 3.05) is 24.6 Å². The van der Waals surface area contributed by atoms with Gasteiger partial charge in [-0.1, -0.05) is 0 Å². The summed E-state index contributed by atoms with van der Waals surface area (Å²) in [6.45, 7) is 4.17. The Morgan fingerprint density at radius 2 is 2.00 bits per heavy atom. The Bertz CT molecular complexity index is 675. The SMILES string of the molecule is CC1CN(c2nccnc2-c2ccc([N+](=O)[O-])cc2)CCO1. The van der Waals surface area contributed by atoms with Crippen LogP contribution in [0.1, 0.15) is 6.92 Å². The summed E-state index contributed by atoms with van der Waals surface area (Å²) in [6, 6.07) is 6.37. The number of nitro groups is 1. The standard InChI is InChI=1S/C15H16N4O3/c1-11-10-18(8-9-22-11)15-14(16-6-7-17-15)12-2-4-13(5-3-12)19(20)21/h2-7,11H,8-10H2,1H3. The number of nitrogens with zero attached hydrogens (tertiary/aromatic N) is 4. The van der Waals surface area contributed by atoms with Crippen LogP contribution in [-0.4, -0.2) is 40.7 Å². The van der Waals surface area contributed by atoms with Gasteiger partial charge in [0.15, 0.2) is 5.82 Å². The van der Waals surface area contributed by atoms with Crippen molar-refractivity contribution in [1.29, 1.82) is 0 Å². The summed E-state index contributed by atoms with van der Waals surface area (Å²) in [7, 11) is 0. The highest BCUT2D eigenvalue weighted by atomic mass is 16.6. The average Bonchev–Trinajstić information content (AvgIpc) is 2.55. The molecule has 2 heterocycles. The molecule has 114 valence electrons. The summed E-state index contributed by atoms with van der Waals surface area (Å²) in [5.41, 5.74) is 1.61. The monoisotopic (exact) mass is 300 g/mol. The molecular weight excluding hydrogens is 284 g/mol. The van der Waals surface area contributed by atoms with Crippen molar-refractivity contribution >= 4 is 11.5 Å². The zero-order valence-electron chi connectivity index (χ0n) is 12.2. The van der Waals surface area contributed by atoms with Crippen molar-refractivity contribution in [3.8, 4) is 11.3 Å². The number of hydrogen-bond acceptors (Lipinski definition) is 6. The van der Waals surface area contributed by atoms with E-state index in [4.69, 9.17) is 4.74 Å². The highest BCUT2D eigenvalue weighted by molar-refractivity contribution is 5.72. The lowest BCUT2D eigenvalue weighted by Gasteiger charge is -2.32. The van der Waals surface area contributed by atoms with E-state index in [-0.39, 0.29) is 11.8 Å². The van der Waals surface area contributed by atoms with Gasteiger partial charge in [-0.2, -0.15) is 0 Å². The van der Waals surface area contributed by atoms with Gasteiger partial charge in [-0.25, -0.2) is 4.98 Å². The highest BCUT2D eigenvalue weighted by Gasteiger charge is 2.21. The summed E-state index contributed by atoms with van der Waals surface area (Å²) in [4.78, 5) is 21.3. The maximum absolute atomic E-state index is 10.8. The number of hydrogen-bond donors (Lipinski definition) is 0. The fourth-order valence-corrected chi connectivity index (χ4v) is 2.52. The maximum atomic E-state index is 10.8. The van der Waals surface area contributed by atoms with E-state index in [2.05, 4.69) is 14.9 Å². The first-order chi connectivity index (χ1) is 10.6. The molecule has 1 atom stereocenters. The van der Waals surface area contributed by atoms with Gasteiger partial charge in [0.2, 0.25) is 0 Å². The molecule has 7 heteroatoms. The fraction of sp³-hybridized carbons (Fsp3) is 0.333. The van der Waals surface area contributed by atoms with Crippen LogP contribution < -0.4 is 4.90 Å². The fourth-order valence-electron chi connectivity index (χ4n) is 2.52. The molecule has 22 heavy (non-hydrogen) atoms. The van der Waals surface area contributed by atoms with Gasteiger partial charge in [0.25, 0.3) is 5.69 Å². The van der Waals surface area contributed by atoms with Crippen LogP contribution in [0.15, 0.2) is 36.7 Å². The highest BCUT2D eigenvalue weighted by Crippen LogP contribution is 2.28. The average molecular weight is 300 g/mol. The number of morpholine rings is 1. The van der Waals surface area contributed by atoms with Gasteiger partial charge < -0.3 is 9.64 Å². The van der Waals surface area contributed by atoms with Crippen molar-refractivity contribution in [3.63, 3.8) is 0 Å². The number of ether oxygens (including phenoxy) is 1. The molecule has 7 nitrogen and oxygen atoms in total. The normalized spacial score (nSPS) is 18.2. The smallest absolute Gasteiger partial charge is 0.269 e. The number of aromatic nitrogens is 2. The molecule has 3 rings (SSSR count). The lowest BCUT2D eigenvalue weighted by atomic mass is 10.1. The van der Waals surface area contributed by atoms with Crippen molar-refractivity contribution < 1.29 is 9.66 Å². The van der Waals surface area contributed by atoms with Crippen LogP contribution in [-0.2, 0) is 4.74 Å². The van der Waals surface area contributed by atoms with Crippen LogP contribution in [0, 0.1) is 10.1 Å². The second-order valence-corrected chi connectivity index (χ2v) is 5.16. The van der Waals surface area contributed by atoms with Crippen LogP contribution in [0.2, 0.25) is 0 Å². The van der Waals surface area contributed by atoms with E-state index in [1.165, 1.54) is 12.1 Å². The summed E-state index contributed by atoms with van der Waals surface area (Å²) in [5, 5.41) is 10.8. The molecule has 1 aromatic carbocycles. The largest absolute Gasteiger partial charge is 0.375 e. The molecule has 0 N–H and O–H groups in total. The second kappa shape index (κ2) is 6.07. The van der Waals surface area contributed by atoms with Gasteiger partial charge in [0.05, 0.1) is 17.6 Å². The minimum atomic E-state index is -0.412. The van der Waals surface area contributed by atoms with Gasteiger partial charge in [-0.15, -0.1) is 0 Å². The van der Waals surface area contributed by atoms with E-state index in [0.717, 1.165) is 30.2 Å². The minimum absolute atomic E-state index is 0.0641. The third-order valence-electron chi connectivity index (χ3n) is 3.57. The zero-order chi connectivity index (χ0) is 15.5. The molecule has 1 aromatic heterocycles. The van der Waals surface area contributed by atoms with Gasteiger partial charge in [0, 0.05) is 43.2 Å². The zero-order valence-corrected chi connectivity index (χ0v) is 12.2. The Morgan fingerprint density at radius 3 is 2.68 bits per heavy atom. The molecule has 1 aliphatic heterocycles. The first kappa shape index (κ1) is 14.4. The van der Waals surface area contributed by atoms with Gasteiger partial charge in [0.1, 0.15) is 5.69 Å². The third-order valence-corrected chi connectivity index (χ3v) is 3.57. The van der Waals surface area contributed by atoms with Crippen molar-refractivity contribution in [1.82, 2.24) is 9.97 Å². The molecule has 1 aliphatic rings. The number of benzene rings is 1. The van der Waals surface area contributed by atoms with Crippen LogP contribution in [0.5, 0.6) is 0 Å². The maximum Gasteiger partial charge on any atom is 0.269 e. The summed E-state index contributed by atoms with van der Waals surface area (Å²) >= 11 is 0. The Kier molecular flexibility index (Phi) is 3.97. The first-order valence-corrected chi connectivity index (χ1v) is 7.07. The van der Waals surface area contributed by atoms with Gasteiger partial charge >= 0.3 is 0 Å². The molecule has 0 bridgehead atoms. The topological polar surface area (TPSA) is 81.4 Å². The Morgan fingerprint density at radius 1 is 1.27 bits per heavy atom. The molecule has 1 fully saturated rings. The molecule has 0 radical (unpaired) electrons. The van der Waals surface area contributed by atoms with E-state index < -0.39 is 4.92 Å². The Labute approximate surface area is 127 Å². The van der Waals surface area contributed by atoms with Crippen molar-refractivity contribution in [2.24, 2.45) is 0 Å². The Balaban J connectivity index is 1.95. The van der Waals surface area contributed by atoms with Crippen LogP contribution in [0.3, 0.4) is 0 Å². The van der Waals surface area contributed by atoms with E-state index in [0.29, 0.717) is 6.61 Å². The lowest BCUT2D eigenvalue weighted by molar-refractivity contribution is -0.384. The summed E-state index contributed by atoms with van der Waals surface area (Å²) in [5.74, 6) is 0.784. The number of non-ortho nitro benzene ring substituents is 1. The Hall–Kier alpha value is -2.54. The van der Waals surface area contributed by atoms with E-state index in [9.17, 15) is 10.1 Å².